The first-order valence-corrected chi connectivity index (χ1v) is 7.80. The minimum atomic E-state index is -3.26. The van der Waals surface area contributed by atoms with E-state index in [0.717, 1.165) is 17.4 Å². The highest BCUT2D eigenvalue weighted by Crippen LogP contribution is 2.23. The van der Waals surface area contributed by atoms with Gasteiger partial charge in [0.05, 0.1) is 17.6 Å². The van der Waals surface area contributed by atoms with Crippen molar-refractivity contribution in [1.82, 2.24) is 0 Å². The zero-order valence-electron chi connectivity index (χ0n) is 11.2. The minimum absolute atomic E-state index is 0.249. The molecule has 0 aliphatic heterocycles. The van der Waals surface area contributed by atoms with Crippen LogP contribution in [0.15, 0.2) is 53.4 Å². The molecule has 0 fully saturated rings. The first kappa shape index (κ1) is 14.3. The molecule has 5 heteroatoms. The molecule has 0 bridgehead atoms. The van der Waals surface area contributed by atoms with E-state index in [0.29, 0.717) is 5.56 Å². The maximum absolute atomic E-state index is 11.6. The van der Waals surface area contributed by atoms with E-state index in [9.17, 15) is 13.2 Å². The molecule has 2 aromatic rings. The molecule has 0 N–H and O–H groups in total. The van der Waals surface area contributed by atoms with Gasteiger partial charge in [-0.15, -0.1) is 0 Å². The van der Waals surface area contributed by atoms with Crippen LogP contribution in [0.1, 0.15) is 10.4 Å². The van der Waals surface area contributed by atoms with Gasteiger partial charge in [0.2, 0.25) is 0 Å². The van der Waals surface area contributed by atoms with Crippen molar-refractivity contribution >= 4 is 15.8 Å². The van der Waals surface area contributed by atoms with Crippen LogP contribution in [0.2, 0.25) is 0 Å². The normalized spacial score (nSPS) is 11.1. The Labute approximate surface area is 117 Å². The van der Waals surface area contributed by atoms with Crippen molar-refractivity contribution in [3.63, 3.8) is 0 Å². The molecule has 0 radical (unpaired) electrons. The average molecular weight is 290 g/mol. The van der Waals surface area contributed by atoms with Gasteiger partial charge in [-0.05, 0) is 35.4 Å². The van der Waals surface area contributed by atoms with Crippen LogP contribution in [0.4, 0.5) is 0 Å². The molecular weight excluding hydrogens is 276 g/mol. The lowest BCUT2D eigenvalue weighted by atomic mass is 10.0. The molecule has 0 heterocycles. The highest BCUT2D eigenvalue weighted by atomic mass is 32.2. The van der Waals surface area contributed by atoms with Crippen LogP contribution >= 0.6 is 0 Å². The number of methoxy groups -OCH3 is 1. The molecule has 2 rings (SSSR count). The van der Waals surface area contributed by atoms with Gasteiger partial charge in [0.15, 0.2) is 9.84 Å². The van der Waals surface area contributed by atoms with E-state index < -0.39 is 15.8 Å². The summed E-state index contributed by atoms with van der Waals surface area (Å²) >= 11 is 0. The number of hydrogen-bond acceptors (Lipinski definition) is 4. The number of rotatable bonds is 3. The van der Waals surface area contributed by atoms with Crippen molar-refractivity contribution in [3.8, 4) is 11.1 Å². The standard InChI is InChI=1S/C15H14O4S/c1-19-15(16)13-7-3-5-11(9-13)12-6-4-8-14(10-12)20(2,17)18/h3-10H,1-2H3. The molecule has 2 aromatic carbocycles. The smallest absolute Gasteiger partial charge is 0.337 e. The topological polar surface area (TPSA) is 60.4 Å². The fraction of sp³-hybridized carbons (Fsp3) is 0.133. The summed E-state index contributed by atoms with van der Waals surface area (Å²) in [5.74, 6) is -0.425. The third-order valence-electron chi connectivity index (χ3n) is 2.88. The fourth-order valence-corrected chi connectivity index (χ4v) is 2.52. The summed E-state index contributed by atoms with van der Waals surface area (Å²) in [5, 5.41) is 0. The molecule has 0 saturated carbocycles. The van der Waals surface area contributed by atoms with E-state index in [1.165, 1.54) is 7.11 Å². The number of ether oxygens (including phenoxy) is 1. The summed E-state index contributed by atoms with van der Waals surface area (Å²) in [6.07, 6.45) is 1.16. The van der Waals surface area contributed by atoms with Gasteiger partial charge in [-0.3, -0.25) is 0 Å². The summed E-state index contributed by atoms with van der Waals surface area (Å²) in [6, 6.07) is 13.5. The van der Waals surface area contributed by atoms with E-state index >= 15 is 0 Å². The van der Waals surface area contributed by atoms with Crippen molar-refractivity contribution < 1.29 is 17.9 Å². The Morgan fingerprint density at radius 1 is 1.00 bits per heavy atom. The molecule has 4 nitrogen and oxygen atoms in total. The van der Waals surface area contributed by atoms with E-state index in [1.807, 2.05) is 6.07 Å². The zero-order valence-corrected chi connectivity index (χ0v) is 12.0. The Hall–Kier alpha value is -2.14. The average Bonchev–Trinajstić information content (AvgIpc) is 2.46. The number of sulfone groups is 1. The van der Waals surface area contributed by atoms with E-state index in [1.54, 1.807) is 42.5 Å². The SMILES string of the molecule is COC(=O)c1cccc(-c2cccc(S(C)(=O)=O)c2)c1. The second-order valence-electron chi connectivity index (χ2n) is 4.37. The lowest BCUT2D eigenvalue weighted by Gasteiger charge is -2.06. The monoisotopic (exact) mass is 290 g/mol. The number of carbonyl (C=O) groups excluding carboxylic acids is 1. The number of esters is 1. The molecule has 0 spiro atoms. The Morgan fingerprint density at radius 3 is 2.20 bits per heavy atom. The summed E-state index contributed by atoms with van der Waals surface area (Å²) in [7, 11) is -1.94. The fourth-order valence-electron chi connectivity index (χ4n) is 1.85. The lowest BCUT2D eigenvalue weighted by Crippen LogP contribution is -2.01. The predicted molar refractivity (Wildman–Crippen MR) is 76.3 cm³/mol. The Morgan fingerprint density at radius 2 is 1.60 bits per heavy atom. The highest BCUT2D eigenvalue weighted by molar-refractivity contribution is 7.90. The lowest BCUT2D eigenvalue weighted by molar-refractivity contribution is 0.0601. The van der Waals surface area contributed by atoms with Gasteiger partial charge in [0, 0.05) is 6.26 Å². The number of benzene rings is 2. The van der Waals surface area contributed by atoms with Crippen molar-refractivity contribution in [2.75, 3.05) is 13.4 Å². The van der Waals surface area contributed by atoms with Gasteiger partial charge in [-0.1, -0.05) is 24.3 Å². The van der Waals surface area contributed by atoms with Gasteiger partial charge in [-0.25, -0.2) is 13.2 Å². The van der Waals surface area contributed by atoms with Crippen molar-refractivity contribution in [1.29, 1.82) is 0 Å². The molecule has 0 aliphatic rings. The van der Waals surface area contributed by atoms with Crippen LogP contribution in [0.25, 0.3) is 11.1 Å². The summed E-state index contributed by atoms with van der Waals surface area (Å²) in [6.45, 7) is 0. The minimum Gasteiger partial charge on any atom is -0.465 e. The third kappa shape index (κ3) is 3.05. The first-order chi connectivity index (χ1) is 9.41. The second-order valence-corrected chi connectivity index (χ2v) is 6.39. The van der Waals surface area contributed by atoms with Crippen molar-refractivity contribution in [2.24, 2.45) is 0 Å². The molecule has 0 amide bonds. The summed E-state index contributed by atoms with van der Waals surface area (Å²) in [5.41, 5.74) is 1.92. The van der Waals surface area contributed by atoms with Gasteiger partial charge in [0.1, 0.15) is 0 Å². The number of hydrogen-bond donors (Lipinski definition) is 0. The summed E-state index contributed by atoms with van der Waals surface area (Å²) < 4.78 is 27.8. The first-order valence-electron chi connectivity index (χ1n) is 5.90. The number of carbonyl (C=O) groups is 1. The molecular formula is C15H14O4S. The molecule has 0 unspecified atom stereocenters. The van der Waals surface area contributed by atoms with Gasteiger partial charge in [0.25, 0.3) is 0 Å². The van der Waals surface area contributed by atoms with Gasteiger partial charge in [-0.2, -0.15) is 0 Å². The van der Waals surface area contributed by atoms with Crippen LogP contribution in [0.3, 0.4) is 0 Å². The molecule has 0 atom stereocenters. The van der Waals surface area contributed by atoms with Gasteiger partial charge >= 0.3 is 5.97 Å². The molecule has 0 saturated heterocycles. The molecule has 0 aromatic heterocycles. The van der Waals surface area contributed by atoms with E-state index in [2.05, 4.69) is 4.74 Å². The van der Waals surface area contributed by atoms with E-state index in [-0.39, 0.29) is 4.90 Å². The Bertz CT molecular complexity index is 748. The molecule has 104 valence electrons. The molecule has 0 aliphatic carbocycles. The van der Waals surface area contributed by atoms with Crippen LogP contribution in [0.5, 0.6) is 0 Å². The zero-order chi connectivity index (χ0) is 14.8. The van der Waals surface area contributed by atoms with Crippen LogP contribution in [-0.4, -0.2) is 27.8 Å². The highest BCUT2D eigenvalue weighted by Gasteiger charge is 2.10. The maximum Gasteiger partial charge on any atom is 0.337 e. The quantitative estimate of drug-likeness (QED) is 0.815. The Kier molecular flexibility index (Phi) is 3.90. The van der Waals surface area contributed by atoms with Crippen LogP contribution < -0.4 is 0 Å². The van der Waals surface area contributed by atoms with Crippen LogP contribution in [0, 0.1) is 0 Å². The van der Waals surface area contributed by atoms with Crippen LogP contribution in [-0.2, 0) is 14.6 Å². The Balaban J connectivity index is 2.50. The van der Waals surface area contributed by atoms with Crippen molar-refractivity contribution in [3.05, 3.63) is 54.1 Å². The van der Waals surface area contributed by atoms with Gasteiger partial charge < -0.3 is 4.74 Å². The largest absolute Gasteiger partial charge is 0.465 e. The van der Waals surface area contributed by atoms with Crippen molar-refractivity contribution in [2.45, 2.75) is 4.90 Å². The summed E-state index contributed by atoms with van der Waals surface area (Å²) in [4.78, 5) is 11.8. The van der Waals surface area contributed by atoms with E-state index in [4.69, 9.17) is 0 Å². The third-order valence-corrected chi connectivity index (χ3v) is 3.99. The maximum atomic E-state index is 11.6. The molecule has 20 heavy (non-hydrogen) atoms. The predicted octanol–water partition coefficient (Wildman–Crippen LogP) is 2.54. The second kappa shape index (κ2) is 5.46.